The number of hydrogen-bond acceptors (Lipinski definition) is 4. The summed E-state index contributed by atoms with van der Waals surface area (Å²) >= 11 is 3.36. The minimum atomic E-state index is -0.0829. The van der Waals surface area contributed by atoms with E-state index in [1.165, 1.54) is 10.9 Å². The molecule has 0 bridgehead atoms. The molecule has 2 aromatic heterocycles. The molecule has 19 heavy (non-hydrogen) atoms. The SMILES string of the molecule is Cn1cnnc1Cn1cnc2cc(Br)ccc2c1=O. The highest BCUT2D eigenvalue weighted by molar-refractivity contribution is 9.10. The number of rotatable bonds is 2. The van der Waals surface area contributed by atoms with E-state index in [1.54, 1.807) is 17.0 Å². The van der Waals surface area contributed by atoms with E-state index in [2.05, 4.69) is 31.1 Å². The molecule has 96 valence electrons. The second-order valence-electron chi connectivity index (χ2n) is 4.20. The van der Waals surface area contributed by atoms with Gasteiger partial charge in [0.2, 0.25) is 0 Å². The summed E-state index contributed by atoms with van der Waals surface area (Å²) < 4.78 is 4.20. The second-order valence-corrected chi connectivity index (χ2v) is 5.11. The zero-order chi connectivity index (χ0) is 13.4. The normalized spacial score (nSPS) is 11.1. The molecule has 0 spiro atoms. The van der Waals surface area contributed by atoms with Gasteiger partial charge < -0.3 is 4.57 Å². The Morgan fingerprint density at radius 2 is 2.16 bits per heavy atom. The molecule has 0 saturated heterocycles. The van der Waals surface area contributed by atoms with Crippen LogP contribution < -0.4 is 5.56 Å². The van der Waals surface area contributed by atoms with Crippen LogP contribution >= 0.6 is 15.9 Å². The van der Waals surface area contributed by atoms with E-state index in [0.29, 0.717) is 23.3 Å². The van der Waals surface area contributed by atoms with Crippen molar-refractivity contribution < 1.29 is 0 Å². The molecule has 0 atom stereocenters. The van der Waals surface area contributed by atoms with Gasteiger partial charge in [-0.15, -0.1) is 10.2 Å². The topological polar surface area (TPSA) is 65.6 Å². The van der Waals surface area contributed by atoms with Crippen LogP contribution in [0.4, 0.5) is 0 Å². The Hall–Kier alpha value is -2.02. The fourth-order valence-corrected chi connectivity index (χ4v) is 2.20. The van der Waals surface area contributed by atoms with E-state index in [0.717, 1.165) is 4.47 Å². The van der Waals surface area contributed by atoms with Gasteiger partial charge in [0.15, 0.2) is 5.82 Å². The van der Waals surface area contributed by atoms with E-state index in [4.69, 9.17) is 0 Å². The van der Waals surface area contributed by atoms with Gasteiger partial charge in [-0.25, -0.2) is 4.98 Å². The minimum absolute atomic E-state index is 0.0829. The molecule has 3 aromatic rings. The molecule has 3 rings (SSSR count). The first-order valence-corrected chi connectivity index (χ1v) is 6.42. The second kappa shape index (κ2) is 4.58. The number of halogens is 1. The van der Waals surface area contributed by atoms with Crippen molar-refractivity contribution in [3.05, 3.63) is 51.5 Å². The largest absolute Gasteiger partial charge is 0.319 e. The highest BCUT2D eigenvalue weighted by Gasteiger charge is 2.07. The van der Waals surface area contributed by atoms with Gasteiger partial charge in [-0.2, -0.15) is 0 Å². The molecule has 2 heterocycles. The molecule has 0 amide bonds. The number of benzene rings is 1. The molecule has 0 aliphatic carbocycles. The smallest absolute Gasteiger partial charge is 0.261 e. The van der Waals surface area contributed by atoms with Crippen molar-refractivity contribution in [3.63, 3.8) is 0 Å². The maximum absolute atomic E-state index is 12.3. The number of aromatic nitrogens is 5. The van der Waals surface area contributed by atoms with Crippen molar-refractivity contribution in [2.24, 2.45) is 7.05 Å². The van der Waals surface area contributed by atoms with E-state index >= 15 is 0 Å². The first kappa shape index (κ1) is 12.0. The predicted octanol–water partition coefficient (Wildman–Crippen LogP) is 1.34. The van der Waals surface area contributed by atoms with Crippen LogP contribution in [-0.4, -0.2) is 24.3 Å². The summed E-state index contributed by atoms with van der Waals surface area (Å²) in [5, 5.41) is 8.35. The summed E-state index contributed by atoms with van der Waals surface area (Å²) in [5.74, 6) is 0.709. The lowest BCUT2D eigenvalue weighted by Gasteiger charge is -2.06. The molecule has 0 fully saturated rings. The van der Waals surface area contributed by atoms with Gasteiger partial charge in [0, 0.05) is 11.5 Å². The number of nitrogens with zero attached hydrogens (tertiary/aromatic N) is 5. The van der Waals surface area contributed by atoms with Crippen LogP contribution in [0.1, 0.15) is 5.82 Å². The van der Waals surface area contributed by atoms with Gasteiger partial charge >= 0.3 is 0 Å². The zero-order valence-corrected chi connectivity index (χ0v) is 11.7. The quantitative estimate of drug-likeness (QED) is 0.715. The molecule has 0 radical (unpaired) electrons. The molecular weight excluding hydrogens is 310 g/mol. The maximum atomic E-state index is 12.3. The van der Waals surface area contributed by atoms with Crippen molar-refractivity contribution in [1.82, 2.24) is 24.3 Å². The summed E-state index contributed by atoms with van der Waals surface area (Å²) in [5.41, 5.74) is 0.592. The van der Waals surface area contributed by atoms with E-state index in [-0.39, 0.29) is 5.56 Å². The molecule has 0 aliphatic rings. The van der Waals surface area contributed by atoms with E-state index < -0.39 is 0 Å². The first-order valence-electron chi connectivity index (χ1n) is 5.63. The van der Waals surface area contributed by atoms with E-state index in [9.17, 15) is 4.79 Å². The van der Waals surface area contributed by atoms with Gasteiger partial charge in [-0.1, -0.05) is 15.9 Å². The van der Waals surface area contributed by atoms with Gasteiger partial charge in [0.1, 0.15) is 6.33 Å². The average Bonchev–Trinajstić information content (AvgIpc) is 2.78. The van der Waals surface area contributed by atoms with Crippen LogP contribution in [0.15, 0.2) is 40.1 Å². The first-order chi connectivity index (χ1) is 9.15. The summed E-state index contributed by atoms with van der Waals surface area (Å²) in [7, 11) is 1.84. The Kier molecular flexibility index (Phi) is 2.90. The molecular formula is C12H10BrN5O. The van der Waals surface area contributed by atoms with Crippen molar-refractivity contribution in [3.8, 4) is 0 Å². The predicted molar refractivity (Wildman–Crippen MR) is 73.8 cm³/mol. The Balaban J connectivity index is 2.11. The number of hydrogen-bond donors (Lipinski definition) is 0. The summed E-state index contributed by atoms with van der Waals surface area (Å²) in [6.45, 7) is 0.355. The van der Waals surface area contributed by atoms with Gasteiger partial charge in [0.25, 0.3) is 5.56 Å². The lowest BCUT2D eigenvalue weighted by atomic mass is 10.2. The lowest BCUT2D eigenvalue weighted by Crippen LogP contribution is -2.22. The molecule has 1 aromatic carbocycles. The van der Waals surface area contributed by atoms with Crippen molar-refractivity contribution in [2.45, 2.75) is 6.54 Å². The number of fused-ring (bicyclic) bond motifs is 1. The fraction of sp³-hybridized carbons (Fsp3) is 0.167. The third kappa shape index (κ3) is 2.17. The van der Waals surface area contributed by atoms with Crippen molar-refractivity contribution >= 4 is 26.8 Å². The maximum Gasteiger partial charge on any atom is 0.261 e. The van der Waals surface area contributed by atoms with Gasteiger partial charge in [0.05, 0.1) is 23.8 Å². The molecule has 0 unspecified atom stereocenters. The van der Waals surface area contributed by atoms with Crippen molar-refractivity contribution in [1.29, 1.82) is 0 Å². The van der Waals surface area contributed by atoms with Gasteiger partial charge in [-0.05, 0) is 18.2 Å². The Labute approximate surface area is 116 Å². The Bertz CT molecular complexity index is 807. The van der Waals surface area contributed by atoms with Crippen LogP contribution in [0.5, 0.6) is 0 Å². The molecule has 0 aliphatic heterocycles. The highest BCUT2D eigenvalue weighted by Crippen LogP contribution is 2.14. The Morgan fingerprint density at radius 3 is 2.89 bits per heavy atom. The summed E-state index contributed by atoms with van der Waals surface area (Å²) in [6, 6.07) is 5.42. The number of aryl methyl sites for hydroxylation is 1. The van der Waals surface area contributed by atoms with E-state index in [1.807, 2.05) is 19.2 Å². The zero-order valence-electron chi connectivity index (χ0n) is 10.1. The summed E-state index contributed by atoms with van der Waals surface area (Å²) in [6.07, 6.45) is 3.14. The van der Waals surface area contributed by atoms with Crippen LogP contribution in [0.2, 0.25) is 0 Å². The standard InChI is InChI=1S/C12H10BrN5O/c1-17-7-15-16-11(17)5-18-6-14-10-4-8(13)2-3-9(10)12(18)19/h2-4,6-7H,5H2,1H3. The van der Waals surface area contributed by atoms with Crippen LogP contribution in [-0.2, 0) is 13.6 Å². The lowest BCUT2D eigenvalue weighted by molar-refractivity contribution is 0.671. The molecule has 0 saturated carbocycles. The Morgan fingerprint density at radius 1 is 1.32 bits per heavy atom. The van der Waals surface area contributed by atoms with Crippen LogP contribution in [0.3, 0.4) is 0 Å². The molecule has 0 N–H and O–H groups in total. The van der Waals surface area contributed by atoms with Gasteiger partial charge in [-0.3, -0.25) is 9.36 Å². The van der Waals surface area contributed by atoms with Crippen molar-refractivity contribution in [2.75, 3.05) is 0 Å². The monoisotopic (exact) mass is 319 g/mol. The third-order valence-electron chi connectivity index (χ3n) is 2.90. The minimum Gasteiger partial charge on any atom is -0.319 e. The fourth-order valence-electron chi connectivity index (χ4n) is 1.85. The molecule has 7 heteroatoms. The van der Waals surface area contributed by atoms with Crippen LogP contribution in [0, 0.1) is 0 Å². The highest BCUT2D eigenvalue weighted by atomic mass is 79.9. The molecule has 6 nitrogen and oxygen atoms in total. The third-order valence-corrected chi connectivity index (χ3v) is 3.40. The average molecular weight is 320 g/mol. The van der Waals surface area contributed by atoms with Crippen LogP contribution in [0.25, 0.3) is 10.9 Å². The summed E-state index contributed by atoms with van der Waals surface area (Å²) in [4.78, 5) is 16.6.